The fourth-order valence-corrected chi connectivity index (χ4v) is 4.96. The molecule has 0 radical (unpaired) electrons. The molecule has 142 valence electrons. The first-order valence-corrected chi connectivity index (χ1v) is 11.3. The van der Waals surface area contributed by atoms with Gasteiger partial charge in [-0.1, -0.05) is 52.4 Å². The van der Waals surface area contributed by atoms with Crippen LogP contribution in [0.5, 0.6) is 0 Å². The Morgan fingerprint density at radius 2 is 1.75 bits per heavy atom. The Kier molecular flexibility index (Phi) is 5.18. The maximum atomic E-state index is 13.4. The highest BCUT2D eigenvalue weighted by Gasteiger charge is 2.18. The normalized spacial score (nSPS) is 11.3. The van der Waals surface area contributed by atoms with Gasteiger partial charge >= 0.3 is 0 Å². The number of aryl methyl sites for hydroxylation is 2. The maximum absolute atomic E-state index is 13.4. The van der Waals surface area contributed by atoms with Crippen LogP contribution in [0.3, 0.4) is 0 Å². The molecule has 0 spiro atoms. The molecule has 0 amide bonds. The highest BCUT2D eigenvalue weighted by molar-refractivity contribution is 7.98. The number of thioether (sulfide) groups is 1. The standard InChI is InChI=1S/C20H16ClN3OS3/c1-11-4-6-13(7-5-11)24-18(25)16-17(22-19(24)27-3)23(20(26)28-16)14-8-9-15(21)12(2)10-14/h4-10H,1-3H3. The molecule has 0 unspecified atom stereocenters. The number of fused-ring (bicyclic) bond motifs is 1. The fraction of sp³-hybridized carbons (Fsp3) is 0.150. The molecular weight excluding hydrogens is 430 g/mol. The van der Waals surface area contributed by atoms with Crippen molar-refractivity contribution in [3.63, 3.8) is 0 Å². The molecular formula is C20H16ClN3OS3. The summed E-state index contributed by atoms with van der Waals surface area (Å²) < 4.78 is 4.61. The minimum atomic E-state index is -0.112. The Balaban J connectivity index is 2.04. The highest BCUT2D eigenvalue weighted by Crippen LogP contribution is 2.28. The van der Waals surface area contributed by atoms with Gasteiger partial charge in [0.15, 0.2) is 14.8 Å². The van der Waals surface area contributed by atoms with Gasteiger partial charge in [0, 0.05) is 10.7 Å². The van der Waals surface area contributed by atoms with E-state index in [0.717, 1.165) is 22.5 Å². The zero-order valence-corrected chi connectivity index (χ0v) is 18.6. The van der Waals surface area contributed by atoms with Crippen LogP contribution in [0.25, 0.3) is 21.7 Å². The van der Waals surface area contributed by atoms with E-state index in [-0.39, 0.29) is 5.56 Å². The molecule has 28 heavy (non-hydrogen) atoms. The van der Waals surface area contributed by atoms with E-state index in [1.165, 1.54) is 23.1 Å². The molecule has 0 aliphatic carbocycles. The van der Waals surface area contributed by atoms with Gasteiger partial charge in [0.1, 0.15) is 4.70 Å². The zero-order valence-electron chi connectivity index (χ0n) is 15.4. The van der Waals surface area contributed by atoms with E-state index in [1.54, 1.807) is 4.57 Å². The molecule has 4 aromatic rings. The number of hydrogen-bond donors (Lipinski definition) is 0. The smallest absolute Gasteiger partial charge is 0.275 e. The first-order valence-electron chi connectivity index (χ1n) is 8.47. The number of nitrogens with zero attached hydrogens (tertiary/aromatic N) is 3. The van der Waals surface area contributed by atoms with Gasteiger partial charge in [0.25, 0.3) is 5.56 Å². The molecule has 2 aromatic carbocycles. The summed E-state index contributed by atoms with van der Waals surface area (Å²) in [6.07, 6.45) is 1.91. The molecule has 4 rings (SSSR count). The van der Waals surface area contributed by atoms with Crippen molar-refractivity contribution in [3.05, 3.63) is 72.9 Å². The number of hydrogen-bond acceptors (Lipinski definition) is 5. The van der Waals surface area contributed by atoms with Crippen molar-refractivity contribution >= 4 is 57.3 Å². The van der Waals surface area contributed by atoms with Crippen molar-refractivity contribution in [1.82, 2.24) is 14.1 Å². The number of aromatic nitrogens is 3. The van der Waals surface area contributed by atoms with Crippen LogP contribution in [0.4, 0.5) is 0 Å². The van der Waals surface area contributed by atoms with Crippen LogP contribution in [0, 0.1) is 17.8 Å². The number of rotatable bonds is 3. The van der Waals surface area contributed by atoms with Gasteiger partial charge in [-0.25, -0.2) is 4.98 Å². The molecule has 4 nitrogen and oxygen atoms in total. The quantitative estimate of drug-likeness (QED) is 0.221. The summed E-state index contributed by atoms with van der Waals surface area (Å²) in [6, 6.07) is 13.5. The molecule has 0 aliphatic heterocycles. The number of halogens is 1. The van der Waals surface area contributed by atoms with Gasteiger partial charge in [0.2, 0.25) is 0 Å². The molecule has 0 aliphatic rings. The summed E-state index contributed by atoms with van der Waals surface area (Å²) in [6.45, 7) is 3.96. The summed E-state index contributed by atoms with van der Waals surface area (Å²) in [5, 5.41) is 1.31. The predicted molar refractivity (Wildman–Crippen MR) is 122 cm³/mol. The topological polar surface area (TPSA) is 39.8 Å². The lowest BCUT2D eigenvalue weighted by Crippen LogP contribution is -2.21. The molecule has 0 saturated heterocycles. The third-order valence-electron chi connectivity index (χ3n) is 4.45. The molecule has 0 fully saturated rings. The molecule has 2 heterocycles. The van der Waals surface area contributed by atoms with Crippen molar-refractivity contribution in [1.29, 1.82) is 0 Å². The molecule has 2 aromatic heterocycles. The van der Waals surface area contributed by atoms with Crippen LogP contribution >= 0.6 is 46.9 Å². The summed E-state index contributed by atoms with van der Waals surface area (Å²) >= 11 is 14.5. The highest BCUT2D eigenvalue weighted by atomic mass is 35.5. The fourth-order valence-electron chi connectivity index (χ4n) is 2.99. The second-order valence-corrected chi connectivity index (χ2v) is 9.19. The Labute approximate surface area is 180 Å². The first-order chi connectivity index (χ1) is 13.4. The van der Waals surface area contributed by atoms with Crippen molar-refractivity contribution in [3.8, 4) is 11.4 Å². The monoisotopic (exact) mass is 445 g/mol. The summed E-state index contributed by atoms with van der Waals surface area (Å²) in [4.78, 5) is 18.2. The van der Waals surface area contributed by atoms with Gasteiger partial charge in [-0.15, -0.1) is 0 Å². The SMILES string of the molecule is CSc1nc2c(sc(=S)n2-c2ccc(Cl)c(C)c2)c(=O)n1-c1ccc(C)cc1. The third-order valence-corrected chi connectivity index (χ3v) is 6.87. The average molecular weight is 446 g/mol. The van der Waals surface area contributed by atoms with Crippen LogP contribution in [0.1, 0.15) is 11.1 Å². The molecule has 0 atom stereocenters. The average Bonchev–Trinajstić information content (AvgIpc) is 3.01. The summed E-state index contributed by atoms with van der Waals surface area (Å²) in [5.74, 6) is 0. The van der Waals surface area contributed by atoms with Gasteiger partial charge in [-0.3, -0.25) is 13.9 Å². The van der Waals surface area contributed by atoms with Crippen molar-refractivity contribution in [2.75, 3.05) is 6.26 Å². The van der Waals surface area contributed by atoms with Crippen molar-refractivity contribution in [2.45, 2.75) is 19.0 Å². The second kappa shape index (κ2) is 7.48. The molecule has 0 bridgehead atoms. The van der Waals surface area contributed by atoms with E-state index in [4.69, 9.17) is 28.8 Å². The third kappa shape index (κ3) is 3.22. The van der Waals surface area contributed by atoms with Gasteiger partial charge < -0.3 is 0 Å². The van der Waals surface area contributed by atoms with Crippen LogP contribution in [0.2, 0.25) is 5.02 Å². The van der Waals surface area contributed by atoms with Crippen LogP contribution in [0.15, 0.2) is 52.4 Å². The number of thiazole rings is 1. The van der Waals surface area contributed by atoms with E-state index in [0.29, 0.717) is 24.5 Å². The van der Waals surface area contributed by atoms with Gasteiger partial charge in [-0.2, -0.15) is 0 Å². The summed E-state index contributed by atoms with van der Waals surface area (Å²) in [7, 11) is 0. The van der Waals surface area contributed by atoms with Gasteiger partial charge in [-0.05, 0) is 68.2 Å². The lowest BCUT2D eigenvalue weighted by molar-refractivity contribution is 0.813. The van der Waals surface area contributed by atoms with Gasteiger partial charge in [0.05, 0.1) is 5.69 Å². The Morgan fingerprint density at radius 1 is 1.07 bits per heavy atom. The molecule has 0 N–H and O–H groups in total. The lowest BCUT2D eigenvalue weighted by atomic mass is 10.2. The first kappa shape index (κ1) is 19.4. The Bertz CT molecular complexity index is 1320. The largest absolute Gasteiger partial charge is 0.278 e. The van der Waals surface area contributed by atoms with Crippen LogP contribution in [-0.4, -0.2) is 20.4 Å². The molecule has 8 heteroatoms. The Hall–Kier alpha value is -1.93. The maximum Gasteiger partial charge on any atom is 0.278 e. The van der Waals surface area contributed by atoms with E-state index in [1.807, 2.05) is 67.1 Å². The minimum Gasteiger partial charge on any atom is -0.275 e. The molecule has 0 saturated carbocycles. The number of benzene rings is 2. The minimum absolute atomic E-state index is 0.112. The van der Waals surface area contributed by atoms with E-state index < -0.39 is 0 Å². The van der Waals surface area contributed by atoms with Crippen LogP contribution < -0.4 is 5.56 Å². The predicted octanol–water partition coefficient (Wildman–Crippen LogP) is 5.96. The van der Waals surface area contributed by atoms with Crippen LogP contribution in [-0.2, 0) is 0 Å². The Morgan fingerprint density at radius 3 is 2.39 bits per heavy atom. The lowest BCUT2D eigenvalue weighted by Gasteiger charge is -2.12. The zero-order chi connectivity index (χ0) is 20.0. The van der Waals surface area contributed by atoms with E-state index in [9.17, 15) is 4.79 Å². The van der Waals surface area contributed by atoms with Crippen molar-refractivity contribution < 1.29 is 0 Å². The van der Waals surface area contributed by atoms with E-state index >= 15 is 0 Å². The summed E-state index contributed by atoms with van der Waals surface area (Å²) in [5.41, 5.74) is 4.19. The second-order valence-electron chi connectivity index (χ2n) is 6.36. The van der Waals surface area contributed by atoms with Crippen molar-refractivity contribution in [2.24, 2.45) is 0 Å². The van der Waals surface area contributed by atoms with E-state index in [2.05, 4.69) is 0 Å².